The van der Waals surface area contributed by atoms with Gasteiger partial charge in [-0.05, 0) is 60.4 Å². The van der Waals surface area contributed by atoms with Gasteiger partial charge in [0.05, 0.1) is 17.2 Å². The van der Waals surface area contributed by atoms with E-state index in [0.29, 0.717) is 44.5 Å². The number of anilines is 2. The molecule has 8 nitrogen and oxygen atoms in total. The van der Waals surface area contributed by atoms with Gasteiger partial charge in [0, 0.05) is 11.8 Å². The van der Waals surface area contributed by atoms with Gasteiger partial charge in [-0.2, -0.15) is 0 Å². The second kappa shape index (κ2) is 12.0. The van der Waals surface area contributed by atoms with E-state index in [-0.39, 0.29) is 31.1 Å². The average Bonchev–Trinajstić information content (AvgIpc) is 3.51. The number of thioether (sulfide) groups is 1. The summed E-state index contributed by atoms with van der Waals surface area (Å²) in [6.45, 7) is 6.39. The van der Waals surface area contributed by atoms with Gasteiger partial charge in [-0.1, -0.05) is 62.1 Å². The van der Waals surface area contributed by atoms with Gasteiger partial charge in [-0.15, -0.1) is 0 Å². The monoisotopic (exact) mass is 576 g/mol. The lowest BCUT2D eigenvalue weighted by Gasteiger charge is -2.15. The molecule has 2 heterocycles. The Morgan fingerprint density at radius 3 is 2.67 bits per heavy atom. The molecular formula is C30H28N2O6S2. The lowest BCUT2D eigenvalue weighted by Crippen LogP contribution is -2.27. The van der Waals surface area contributed by atoms with Crippen molar-refractivity contribution in [2.75, 3.05) is 30.2 Å². The van der Waals surface area contributed by atoms with E-state index >= 15 is 0 Å². The topological polar surface area (TPSA) is 86.3 Å². The first-order valence-electron chi connectivity index (χ1n) is 12.8. The van der Waals surface area contributed by atoms with Crippen molar-refractivity contribution >= 4 is 57.6 Å². The molecule has 0 atom stereocenters. The van der Waals surface area contributed by atoms with Crippen molar-refractivity contribution in [3.05, 3.63) is 76.7 Å². The zero-order valence-electron chi connectivity index (χ0n) is 22.3. The van der Waals surface area contributed by atoms with Crippen molar-refractivity contribution in [3.63, 3.8) is 0 Å². The van der Waals surface area contributed by atoms with Crippen LogP contribution in [0.3, 0.4) is 0 Å². The van der Waals surface area contributed by atoms with Crippen LogP contribution in [-0.4, -0.2) is 36.1 Å². The van der Waals surface area contributed by atoms with E-state index in [1.807, 2.05) is 31.2 Å². The van der Waals surface area contributed by atoms with Crippen LogP contribution in [0.5, 0.6) is 23.0 Å². The minimum absolute atomic E-state index is 0.149. The van der Waals surface area contributed by atoms with Crippen LogP contribution in [0, 0.1) is 0 Å². The number of fused-ring (bicyclic) bond motifs is 1. The van der Waals surface area contributed by atoms with Gasteiger partial charge in [0.25, 0.3) is 11.8 Å². The van der Waals surface area contributed by atoms with Gasteiger partial charge >= 0.3 is 0 Å². The summed E-state index contributed by atoms with van der Waals surface area (Å²) >= 11 is 6.73. The van der Waals surface area contributed by atoms with Gasteiger partial charge in [-0.25, -0.2) is 0 Å². The van der Waals surface area contributed by atoms with E-state index in [1.165, 1.54) is 16.7 Å². The highest BCUT2D eigenvalue weighted by atomic mass is 32.2. The Bertz CT molecular complexity index is 1500. The molecule has 206 valence electrons. The molecule has 2 amide bonds. The molecule has 2 aliphatic heterocycles. The summed E-state index contributed by atoms with van der Waals surface area (Å²) in [4.78, 5) is 27.9. The number of ether oxygens (including phenoxy) is 4. The maximum atomic E-state index is 13.3. The molecule has 0 bridgehead atoms. The fraction of sp³-hybridized carbons (Fsp3) is 0.233. The SMILES string of the molecule is CCOc1cc(/C=C2/SC(=S)N(c3ccc4c(c3)OCO4)C2=O)ccc1OCC(=O)Nc1ccccc1C(C)C. The Balaban J connectivity index is 1.29. The highest BCUT2D eigenvalue weighted by Gasteiger charge is 2.34. The Kier molecular flexibility index (Phi) is 8.27. The van der Waals surface area contributed by atoms with Gasteiger partial charge in [0.15, 0.2) is 33.9 Å². The Labute approximate surface area is 242 Å². The molecular weight excluding hydrogens is 548 g/mol. The number of nitrogens with one attached hydrogen (secondary N) is 1. The summed E-state index contributed by atoms with van der Waals surface area (Å²) in [6, 6.07) is 18.3. The molecule has 3 aromatic carbocycles. The van der Waals surface area contributed by atoms with Crippen molar-refractivity contribution in [2.45, 2.75) is 26.7 Å². The molecule has 1 saturated heterocycles. The number of hydrogen-bond acceptors (Lipinski definition) is 8. The summed E-state index contributed by atoms with van der Waals surface area (Å²) in [5.74, 6) is 1.88. The van der Waals surface area contributed by atoms with Crippen molar-refractivity contribution in [3.8, 4) is 23.0 Å². The second-order valence-corrected chi connectivity index (χ2v) is 10.9. The summed E-state index contributed by atoms with van der Waals surface area (Å²) in [5.41, 5.74) is 3.17. The Hall–Kier alpha value is -4.02. The first-order valence-corrected chi connectivity index (χ1v) is 14.0. The van der Waals surface area contributed by atoms with Crippen LogP contribution < -0.4 is 29.2 Å². The normalized spacial score (nSPS) is 15.2. The number of carbonyl (C=O) groups is 2. The zero-order chi connectivity index (χ0) is 28.2. The first kappa shape index (κ1) is 27.5. The van der Waals surface area contributed by atoms with Crippen LogP contribution in [0.4, 0.5) is 11.4 Å². The number of amides is 2. The molecule has 40 heavy (non-hydrogen) atoms. The molecule has 0 radical (unpaired) electrons. The summed E-state index contributed by atoms with van der Waals surface area (Å²) in [7, 11) is 0. The predicted octanol–water partition coefficient (Wildman–Crippen LogP) is 6.36. The van der Waals surface area contributed by atoms with Crippen molar-refractivity contribution in [1.82, 2.24) is 0 Å². The van der Waals surface area contributed by atoms with E-state index in [2.05, 4.69) is 19.2 Å². The fourth-order valence-electron chi connectivity index (χ4n) is 4.31. The molecule has 0 aliphatic carbocycles. The van der Waals surface area contributed by atoms with E-state index in [0.717, 1.165) is 16.8 Å². The molecule has 1 fully saturated rings. The molecule has 0 saturated carbocycles. The van der Waals surface area contributed by atoms with Gasteiger partial charge < -0.3 is 24.3 Å². The number of benzene rings is 3. The third-order valence-electron chi connectivity index (χ3n) is 6.19. The average molecular weight is 577 g/mol. The predicted molar refractivity (Wildman–Crippen MR) is 160 cm³/mol. The quantitative estimate of drug-likeness (QED) is 0.233. The number of hydrogen-bond donors (Lipinski definition) is 1. The van der Waals surface area contributed by atoms with E-state index in [9.17, 15) is 9.59 Å². The molecule has 0 spiro atoms. The maximum Gasteiger partial charge on any atom is 0.270 e. The summed E-state index contributed by atoms with van der Waals surface area (Å²) < 4.78 is 22.8. The van der Waals surface area contributed by atoms with Gasteiger partial charge in [0.2, 0.25) is 6.79 Å². The molecule has 10 heteroatoms. The minimum Gasteiger partial charge on any atom is -0.490 e. The molecule has 1 N–H and O–H groups in total. The highest BCUT2D eigenvalue weighted by molar-refractivity contribution is 8.27. The van der Waals surface area contributed by atoms with Crippen LogP contribution in [0.1, 0.15) is 37.8 Å². The number of rotatable bonds is 9. The van der Waals surface area contributed by atoms with E-state index in [1.54, 1.807) is 42.5 Å². The first-order chi connectivity index (χ1) is 19.3. The number of nitrogens with zero attached hydrogens (tertiary/aromatic N) is 1. The number of para-hydroxylation sites is 1. The second-order valence-electron chi connectivity index (χ2n) is 9.27. The molecule has 3 aromatic rings. The molecule has 0 aromatic heterocycles. The van der Waals surface area contributed by atoms with Crippen molar-refractivity contribution < 1.29 is 28.5 Å². The van der Waals surface area contributed by atoms with Crippen LogP contribution in [0.15, 0.2) is 65.6 Å². The van der Waals surface area contributed by atoms with Crippen LogP contribution in [-0.2, 0) is 9.59 Å². The third-order valence-corrected chi connectivity index (χ3v) is 7.49. The van der Waals surface area contributed by atoms with Crippen LogP contribution >= 0.6 is 24.0 Å². The molecule has 5 rings (SSSR count). The van der Waals surface area contributed by atoms with E-state index < -0.39 is 0 Å². The Morgan fingerprint density at radius 1 is 1.07 bits per heavy atom. The fourth-order valence-corrected chi connectivity index (χ4v) is 5.61. The van der Waals surface area contributed by atoms with Crippen LogP contribution in [0.25, 0.3) is 6.08 Å². The molecule has 0 unspecified atom stereocenters. The maximum absolute atomic E-state index is 13.3. The molecule has 2 aliphatic rings. The van der Waals surface area contributed by atoms with Crippen molar-refractivity contribution in [1.29, 1.82) is 0 Å². The summed E-state index contributed by atoms with van der Waals surface area (Å²) in [5, 5.41) is 2.93. The van der Waals surface area contributed by atoms with Gasteiger partial charge in [-0.3, -0.25) is 14.5 Å². The Morgan fingerprint density at radius 2 is 1.88 bits per heavy atom. The largest absolute Gasteiger partial charge is 0.490 e. The lowest BCUT2D eigenvalue weighted by molar-refractivity contribution is -0.118. The minimum atomic E-state index is -0.271. The number of thiocarbonyl (C=S) groups is 1. The van der Waals surface area contributed by atoms with E-state index in [4.69, 9.17) is 31.2 Å². The highest BCUT2D eigenvalue weighted by Crippen LogP contribution is 2.41. The lowest BCUT2D eigenvalue weighted by atomic mass is 10.0. The summed E-state index contributed by atoms with van der Waals surface area (Å²) in [6.07, 6.45) is 1.76. The standard InChI is InChI=1S/C30H28N2O6S2/c1-4-35-25-13-19(9-11-23(25)36-16-28(33)31-22-8-6-5-7-21(22)18(2)3)14-27-29(34)32(30(39)40-27)20-10-12-24-26(15-20)38-17-37-24/h5-15,18H,4,16-17H2,1-3H3,(H,31,33)/b27-14+. The van der Waals surface area contributed by atoms with Gasteiger partial charge in [0.1, 0.15) is 0 Å². The van der Waals surface area contributed by atoms with Crippen molar-refractivity contribution in [2.24, 2.45) is 0 Å². The van der Waals surface area contributed by atoms with Crippen LogP contribution in [0.2, 0.25) is 0 Å². The smallest absolute Gasteiger partial charge is 0.270 e. The zero-order valence-corrected chi connectivity index (χ0v) is 23.9. The number of carbonyl (C=O) groups excluding carboxylic acids is 2. The third kappa shape index (κ3) is 5.93.